The number of benzene rings is 2. The van der Waals surface area contributed by atoms with Gasteiger partial charge in [-0.25, -0.2) is 8.42 Å². The van der Waals surface area contributed by atoms with Crippen LogP contribution in [0.3, 0.4) is 0 Å². The Morgan fingerprint density at radius 3 is 1.84 bits per heavy atom. The van der Waals surface area contributed by atoms with Gasteiger partial charge >= 0.3 is 0 Å². The number of sulfone groups is 1. The van der Waals surface area contributed by atoms with Crippen molar-refractivity contribution in [3.05, 3.63) is 53.6 Å². The Kier molecular flexibility index (Phi) is 5.06. The van der Waals surface area contributed by atoms with E-state index < -0.39 is 9.84 Å². The lowest BCUT2D eigenvalue weighted by atomic mass is 9.86. The van der Waals surface area contributed by atoms with Crippen molar-refractivity contribution >= 4 is 9.84 Å². The van der Waals surface area contributed by atoms with Crippen molar-refractivity contribution < 1.29 is 13.2 Å². The highest BCUT2D eigenvalue weighted by Crippen LogP contribution is 2.30. The van der Waals surface area contributed by atoms with E-state index in [1.54, 1.807) is 30.3 Å². The standard InChI is InChI=1S/C21H28O3S/c1-15-14-16(20(2,3)4)8-13-19(15)25(22,23)18-11-9-17(10-12-18)24-21(5,6)7/h8-14H,1-7H3. The number of aryl methyl sites for hydroxylation is 1. The monoisotopic (exact) mass is 360 g/mol. The highest BCUT2D eigenvalue weighted by molar-refractivity contribution is 7.91. The van der Waals surface area contributed by atoms with Gasteiger partial charge in [0.05, 0.1) is 9.79 Å². The fourth-order valence-electron chi connectivity index (χ4n) is 2.58. The average Bonchev–Trinajstić information content (AvgIpc) is 2.44. The Morgan fingerprint density at radius 1 is 0.840 bits per heavy atom. The summed E-state index contributed by atoms with van der Waals surface area (Å²) in [6, 6.07) is 12.2. The molecule has 0 atom stereocenters. The van der Waals surface area contributed by atoms with Crippen LogP contribution in [0.25, 0.3) is 0 Å². The largest absolute Gasteiger partial charge is 0.488 e. The minimum absolute atomic E-state index is 0.0149. The molecule has 3 nitrogen and oxygen atoms in total. The van der Waals surface area contributed by atoms with Crippen molar-refractivity contribution in [1.82, 2.24) is 0 Å². The average molecular weight is 361 g/mol. The van der Waals surface area contributed by atoms with Gasteiger partial charge < -0.3 is 4.74 Å². The van der Waals surface area contributed by atoms with Gasteiger partial charge in [-0.2, -0.15) is 0 Å². The maximum Gasteiger partial charge on any atom is 0.206 e. The molecule has 0 aliphatic rings. The molecule has 0 aromatic heterocycles. The first kappa shape index (κ1) is 19.5. The van der Waals surface area contributed by atoms with Crippen molar-refractivity contribution in [2.24, 2.45) is 0 Å². The van der Waals surface area contributed by atoms with Gasteiger partial charge in [0.25, 0.3) is 0 Å². The summed E-state index contributed by atoms with van der Waals surface area (Å²) < 4.78 is 31.7. The summed E-state index contributed by atoms with van der Waals surface area (Å²) in [6.07, 6.45) is 0. The Morgan fingerprint density at radius 2 is 1.40 bits per heavy atom. The Balaban J connectivity index is 2.39. The van der Waals surface area contributed by atoms with E-state index in [2.05, 4.69) is 20.8 Å². The molecule has 0 heterocycles. The molecule has 0 aliphatic carbocycles. The third kappa shape index (κ3) is 4.63. The summed E-state index contributed by atoms with van der Waals surface area (Å²) in [4.78, 5) is 0.630. The van der Waals surface area contributed by atoms with Gasteiger partial charge in [-0.15, -0.1) is 0 Å². The van der Waals surface area contributed by atoms with E-state index in [-0.39, 0.29) is 15.9 Å². The van der Waals surface area contributed by atoms with Gasteiger partial charge in [-0.1, -0.05) is 32.9 Å². The number of ether oxygens (including phenoxy) is 1. The second-order valence-electron chi connectivity index (χ2n) is 8.42. The molecule has 0 N–H and O–H groups in total. The molecule has 2 rings (SSSR count). The number of hydrogen-bond donors (Lipinski definition) is 0. The van der Waals surface area contributed by atoms with Crippen molar-refractivity contribution in [3.63, 3.8) is 0 Å². The summed E-state index contributed by atoms with van der Waals surface area (Å²) in [5.74, 6) is 0.659. The molecule has 2 aromatic rings. The Labute approximate surface area is 152 Å². The minimum Gasteiger partial charge on any atom is -0.488 e. The van der Waals surface area contributed by atoms with Crippen LogP contribution >= 0.6 is 0 Å². The first-order chi connectivity index (χ1) is 11.3. The molecule has 0 radical (unpaired) electrons. The number of hydrogen-bond acceptors (Lipinski definition) is 3. The molecular formula is C21H28O3S. The van der Waals surface area contributed by atoms with E-state index in [4.69, 9.17) is 4.74 Å². The summed E-state index contributed by atoms with van der Waals surface area (Å²) in [6.45, 7) is 14.1. The van der Waals surface area contributed by atoms with Gasteiger partial charge in [0.2, 0.25) is 9.84 Å². The van der Waals surface area contributed by atoms with Crippen LogP contribution in [-0.2, 0) is 15.3 Å². The van der Waals surface area contributed by atoms with E-state index in [9.17, 15) is 8.42 Å². The molecule has 0 saturated heterocycles. The van der Waals surface area contributed by atoms with Crippen LogP contribution in [0.1, 0.15) is 52.7 Å². The molecular weight excluding hydrogens is 332 g/mol. The SMILES string of the molecule is Cc1cc(C(C)(C)C)ccc1S(=O)(=O)c1ccc(OC(C)(C)C)cc1. The number of rotatable bonds is 3. The lowest BCUT2D eigenvalue weighted by Gasteiger charge is -2.21. The molecule has 0 aliphatic heterocycles. The molecule has 2 aromatic carbocycles. The minimum atomic E-state index is -3.55. The molecule has 0 unspecified atom stereocenters. The van der Waals surface area contributed by atoms with Gasteiger partial charge in [-0.05, 0) is 74.6 Å². The quantitative estimate of drug-likeness (QED) is 0.746. The van der Waals surface area contributed by atoms with Gasteiger partial charge in [0, 0.05) is 0 Å². The topological polar surface area (TPSA) is 43.4 Å². The van der Waals surface area contributed by atoms with E-state index >= 15 is 0 Å². The smallest absolute Gasteiger partial charge is 0.206 e. The van der Waals surface area contributed by atoms with Crippen LogP contribution in [0.2, 0.25) is 0 Å². The summed E-state index contributed by atoms with van der Waals surface area (Å²) in [5.41, 5.74) is 1.55. The third-order valence-corrected chi connectivity index (χ3v) is 5.82. The zero-order valence-electron chi connectivity index (χ0n) is 16.2. The van der Waals surface area contributed by atoms with Crippen LogP contribution in [0.5, 0.6) is 5.75 Å². The van der Waals surface area contributed by atoms with Crippen molar-refractivity contribution in [3.8, 4) is 5.75 Å². The fraction of sp³-hybridized carbons (Fsp3) is 0.429. The molecule has 0 bridgehead atoms. The zero-order valence-corrected chi connectivity index (χ0v) is 17.0. The molecule has 25 heavy (non-hydrogen) atoms. The summed E-state index contributed by atoms with van der Waals surface area (Å²) in [7, 11) is -3.55. The predicted octanol–water partition coefficient (Wildman–Crippen LogP) is 5.30. The zero-order chi connectivity index (χ0) is 19.0. The summed E-state index contributed by atoms with van der Waals surface area (Å²) >= 11 is 0. The molecule has 0 fully saturated rings. The maximum atomic E-state index is 13.0. The van der Waals surface area contributed by atoms with E-state index in [0.29, 0.717) is 10.6 Å². The van der Waals surface area contributed by atoms with Gasteiger partial charge in [0.15, 0.2) is 0 Å². The molecule has 0 saturated carbocycles. The Bertz CT molecular complexity index is 849. The van der Waals surface area contributed by atoms with Crippen LogP contribution < -0.4 is 4.74 Å². The van der Waals surface area contributed by atoms with Gasteiger partial charge in [-0.3, -0.25) is 0 Å². The third-order valence-electron chi connectivity index (χ3n) is 3.89. The first-order valence-corrected chi connectivity index (χ1v) is 9.94. The van der Waals surface area contributed by atoms with Crippen molar-refractivity contribution in [2.75, 3.05) is 0 Å². The van der Waals surface area contributed by atoms with Crippen LogP contribution in [-0.4, -0.2) is 14.0 Å². The van der Waals surface area contributed by atoms with Crippen molar-refractivity contribution in [1.29, 1.82) is 0 Å². The maximum absolute atomic E-state index is 13.0. The highest BCUT2D eigenvalue weighted by atomic mass is 32.2. The summed E-state index contributed by atoms with van der Waals surface area (Å²) in [5, 5.41) is 0. The fourth-order valence-corrected chi connectivity index (χ4v) is 4.06. The second kappa shape index (κ2) is 6.49. The second-order valence-corrected chi connectivity index (χ2v) is 10.3. The van der Waals surface area contributed by atoms with Crippen LogP contribution in [0, 0.1) is 6.92 Å². The molecule has 136 valence electrons. The van der Waals surface area contributed by atoms with E-state index in [1.165, 1.54) is 0 Å². The highest BCUT2D eigenvalue weighted by Gasteiger charge is 2.22. The molecule has 0 spiro atoms. The van der Waals surface area contributed by atoms with Crippen LogP contribution in [0.15, 0.2) is 52.3 Å². The molecule has 0 amide bonds. The van der Waals surface area contributed by atoms with E-state index in [1.807, 2.05) is 39.8 Å². The first-order valence-electron chi connectivity index (χ1n) is 8.46. The van der Waals surface area contributed by atoms with Gasteiger partial charge in [0.1, 0.15) is 11.4 Å². The lowest BCUT2D eigenvalue weighted by molar-refractivity contribution is 0.131. The van der Waals surface area contributed by atoms with Crippen molar-refractivity contribution in [2.45, 2.75) is 69.3 Å². The van der Waals surface area contributed by atoms with Crippen LogP contribution in [0.4, 0.5) is 0 Å². The molecule has 4 heteroatoms. The lowest BCUT2D eigenvalue weighted by Crippen LogP contribution is -2.22. The van der Waals surface area contributed by atoms with E-state index in [0.717, 1.165) is 11.1 Å². The normalized spacial score (nSPS) is 12.9. The predicted molar refractivity (Wildman–Crippen MR) is 102 cm³/mol. The Hall–Kier alpha value is -1.81.